The number of hydrogen-bond acceptors (Lipinski definition) is 8. The minimum Gasteiger partial charge on any atom is -0.436 e. The number of benzene rings is 2. The van der Waals surface area contributed by atoms with E-state index in [2.05, 4.69) is 15.6 Å². The Labute approximate surface area is 285 Å². The molecule has 5 heterocycles. The van der Waals surface area contributed by atoms with Crippen LogP contribution in [0.5, 0.6) is 0 Å². The van der Waals surface area contributed by atoms with Gasteiger partial charge < -0.3 is 34.3 Å². The van der Waals surface area contributed by atoms with Gasteiger partial charge in [-0.1, -0.05) is 0 Å². The fourth-order valence-electron chi connectivity index (χ4n) is 7.40. The lowest BCUT2D eigenvalue weighted by Gasteiger charge is -2.26. The summed E-state index contributed by atoms with van der Waals surface area (Å²) in [5, 5.41) is 5.91. The highest BCUT2D eigenvalue weighted by atomic mass is 16.5. The molecule has 4 unspecified atom stereocenters. The van der Waals surface area contributed by atoms with Crippen LogP contribution < -0.4 is 10.6 Å². The molecule has 4 atom stereocenters. The number of anilines is 2. The van der Waals surface area contributed by atoms with Crippen molar-refractivity contribution in [1.29, 1.82) is 0 Å². The van der Waals surface area contributed by atoms with Gasteiger partial charge >= 0.3 is 0 Å². The Bertz CT molecular complexity index is 1520. The van der Waals surface area contributed by atoms with Gasteiger partial charge in [0.15, 0.2) is 5.76 Å². The molecule has 4 aliphatic heterocycles. The second-order valence-electron chi connectivity index (χ2n) is 13.3. The van der Waals surface area contributed by atoms with Gasteiger partial charge in [-0.15, -0.1) is 0 Å². The molecule has 0 saturated carbocycles. The number of nitrogens with one attached hydrogen (secondary N) is 2. The summed E-state index contributed by atoms with van der Waals surface area (Å²) in [6, 6.07) is 14.4. The Balaban J connectivity index is 0.895. The smallest absolute Gasteiger partial charge is 0.251 e. The van der Waals surface area contributed by atoms with Gasteiger partial charge in [0.2, 0.25) is 17.7 Å². The van der Waals surface area contributed by atoms with Gasteiger partial charge in [0.25, 0.3) is 11.8 Å². The lowest BCUT2D eigenvalue weighted by Crippen LogP contribution is -2.43. The van der Waals surface area contributed by atoms with Crippen molar-refractivity contribution in [2.24, 2.45) is 0 Å². The Hall–Kier alpha value is -4.55. The summed E-state index contributed by atoms with van der Waals surface area (Å²) in [6.07, 6.45) is 8.15. The number of likely N-dealkylation sites (tertiary alicyclic amines) is 2. The molecule has 12 heteroatoms. The Kier molecular flexibility index (Phi) is 10.0. The van der Waals surface area contributed by atoms with E-state index in [1.54, 1.807) is 6.20 Å². The SMILES string of the molecule is O=C(CC1CCCN1C(=O)C1CCCO1)Nc1ccc(-c2cnc(-c3ccc(NC(=O)CC4CCCN4C(=O)C4CCCO4)cc3)o2)cc1. The number of ether oxygens (including phenoxy) is 2. The number of nitrogens with zero attached hydrogens (tertiary/aromatic N) is 3. The number of rotatable bonds is 10. The highest BCUT2D eigenvalue weighted by Gasteiger charge is 2.37. The van der Waals surface area contributed by atoms with Crippen LogP contribution in [0.1, 0.15) is 64.2 Å². The van der Waals surface area contributed by atoms with E-state index < -0.39 is 0 Å². The molecule has 4 fully saturated rings. The van der Waals surface area contributed by atoms with Crippen molar-refractivity contribution in [1.82, 2.24) is 14.8 Å². The van der Waals surface area contributed by atoms with E-state index >= 15 is 0 Å². The topological polar surface area (TPSA) is 143 Å². The first kappa shape index (κ1) is 33.0. The standard InChI is InChI=1S/C37H43N5O7/c43-33(21-28-5-1-17-41(28)36(45)30-7-3-19-47-30)39-26-13-9-24(10-14-26)32-23-38-35(49-32)25-11-15-27(16-12-25)40-34(44)22-29-6-2-18-42(29)37(46)31-8-4-20-48-31/h9-16,23,28-31H,1-8,17-22H2,(H,39,43)(H,40,44). The zero-order chi connectivity index (χ0) is 33.7. The monoisotopic (exact) mass is 669 g/mol. The molecule has 2 aromatic carbocycles. The number of carbonyl (C=O) groups excluding carboxylic acids is 4. The number of amides is 4. The minimum absolute atomic E-state index is 0.0110. The molecule has 3 aromatic rings. The highest BCUT2D eigenvalue weighted by molar-refractivity contribution is 5.93. The third-order valence-corrected chi connectivity index (χ3v) is 9.95. The molecule has 7 rings (SSSR count). The molecule has 49 heavy (non-hydrogen) atoms. The number of oxazole rings is 1. The lowest BCUT2D eigenvalue weighted by molar-refractivity contribution is -0.143. The van der Waals surface area contributed by atoms with Crippen LogP contribution in [0, 0.1) is 0 Å². The summed E-state index contributed by atoms with van der Waals surface area (Å²) >= 11 is 0. The van der Waals surface area contributed by atoms with E-state index in [-0.39, 0.29) is 60.8 Å². The van der Waals surface area contributed by atoms with Gasteiger partial charge in [-0.3, -0.25) is 19.2 Å². The number of hydrogen-bond donors (Lipinski definition) is 2. The second-order valence-corrected chi connectivity index (χ2v) is 13.3. The van der Waals surface area contributed by atoms with Crippen LogP contribution in [-0.4, -0.2) is 89.0 Å². The van der Waals surface area contributed by atoms with E-state index in [4.69, 9.17) is 13.9 Å². The first-order valence-electron chi connectivity index (χ1n) is 17.5. The van der Waals surface area contributed by atoms with E-state index in [1.165, 1.54) is 0 Å². The Morgan fingerprint density at radius 3 is 1.61 bits per heavy atom. The fourth-order valence-corrected chi connectivity index (χ4v) is 7.40. The first-order chi connectivity index (χ1) is 23.9. The largest absolute Gasteiger partial charge is 0.436 e. The van der Waals surface area contributed by atoms with Crippen LogP contribution in [0.15, 0.2) is 59.1 Å². The van der Waals surface area contributed by atoms with Crippen LogP contribution in [0.25, 0.3) is 22.8 Å². The van der Waals surface area contributed by atoms with Crippen molar-refractivity contribution < 1.29 is 33.1 Å². The summed E-state index contributed by atoms with van der Waals surface area (Å²) < 4.78 is 17.2. The fraction of sp³-hybridized carbons (Fsp3) is 0.486. The molecule has 0 aliphatic carbocycles. The van der Waals surface area contributed by atoms with Gasteiger partial charge in [-0.2, -0.15) is 0 Å². The van der Waals surface area contributed by atoms with Gasteiger partial charge in [0.05, 0.1) is 6.20 Å². The summed E-state index contributed by atoms with van der Waals surface area (Å²) in [5.41, 5.74) is 2.89. The zero-order valence-electron chi connectivity index (χ0n) is 27.6. The summed E-state index contributed by atoms with van der Waals surface area (Å²) in [4.78, 5) is 59.5. The first-order valence-corrected chi connectivity index (χ1v) is 17.5. The van der Waals surface area contributed by atoms with Crippen molar-refractivity contribution in [2.75, 3.05) is 36.9 Å². The maximum Gasteiger partial charge on any atom is 0.251 e. The average molecular weight is 670 g/mol. The van der Waals surface area contributed by atoms with Gasteiger partial charge in [0, 0.05) is 73.7 Å². The van der Waals surface area contributed by atoms with Crippen molar-refractivity contribution in [2.45, 2.75) is 88.5 Å². The molecule has 258 valence electrons. The van der Waals surface area contributed by atoms with Crippen LogP contribution in [0.3, 0.4) is 0 Å². The third kappa shape index (κ3) is 7.70. The molecular formula is C37H43N5O7. The maximum absolute atomic E-state index is 12.9. The highest BCUT2D eigenvalue weighted by Crippen LogP contribution is 2.30. The molecule has 0 bridgehead atoms. The summed E-state index contributed by atoms with van der Waals surface area (Å²) in [7, 11) is 0. The van der Waals surface area contributed by atoms with Crippen molar-refractivity contribution in [3.8, 4) is 22.8 Å². The molecule has 0 spiro atoms. The quantitative estimate of drug-likeness (QED) is 0.307. The number of carbonyl (C=O) groups is 4. The van der Waals surface area contributed by atoms with E-state index in [0.29, 0.717) is 49.3 Å². The van der Waals surface area contributed by atoms with Gasteiger partial charge in [-0.05, 0) is 99.9 Å². The average Bonchev–Trinajstić information content (AvgIpc) is 3.95. The second kappa shape index (κ2) is 14.9. The summed E-state index contributed by atoms with van der Waals surface area (Å²) in [6.45, 7) is 2.59. The Morgan fingerprint density at radius 1 is 0.653 bits per heavy atom. The molecule has 1 aromatic heterocycles. The van der Waals surface area contributed by atoms with E-state index in [0.717, 1.165) is 62.5 Å². The molecular weight excluding hydrogens is 626 g/mol. The van der Waals surface area contributed by atoms with Crippen molar-refractivity contribution in [3.63, 3.8) is 0 Å². The molecule has 2 N–H and O–H groups in total. The third-order valence-electron chi connectivity index (χ3n) is 9.95. The maximum atomic E-state index is 12.9. The van der Waals surface area contributed by atoms with Crippen molar-refractivity contribution >= 4 is 35.0 Å². The van der Waals surface area contributed by atoms with E-state index in [9.17, 15) is 19.2 Å². The Morgan fingerprint density at radius 2 is 1.14 bits per heavy atom. The summed E-state index contributed by atoms with van der Waals surface area (Å²) in [5.74, 6) is 0.788. The minimum atomic E-state index is -0.366. The van der Waals surface area contributed by atoms with Gasteiger partial charge in [0.1, 0.15) is 12.2 Å². The normalized spacial score (nSPS) is 23.6. The molecule has 12 nitrogen and oxygen atoms in total. The number of aromatic nitrogens is 1. The van der Waals surface area contributed by atoms with Crippen LogP contribution >= 0.6 is 0 Å². The predicted octanol–water partition coefficient (Wildman–Crippen LogP) is 5.01. The van der Waals surface area contributed by atoms with Gasteiger partial charge in [-0.25, -0.2) is 4.98 Å². The van der Waals surface area contributed by atoms with Crippen LogP contribution in [0.4, 0.5) is 11.4 Å². The molecule has 4 aliphatic rings. The molecule has 4 amide bonds. The molecule has 0 radical (unpaired) electrons. The lowest BCUT2D eigenvalue weighted by atomic mass is 10.1. The van der Waals surface area contributed by atoms with E-state index in [1.807, 2.05) is 58.3 Å². The predicted molar refractivity (Wildman–Crippen MR) is 181 cm³/mol. The molecule has 4 saturated heterocycles. The van der Waals surface area contributed by atoms with Crippen molar-refractivity contribution in [3.05, 3.63) is 54.7 Å². The van der Waals surface area contributed by atoms with Crippen LogP contribution in [0.2, 0.25) is 0 Å². The van der Waals surface area contributed by atoms with Crippen LogP contribution in [-0.2, 0) is 28.7 Å². The zero-order valence-corrected chi connectivity index (χ0v) is 27.6.